The SMILES string of the molecule is CC1(C)CCCN(C(=O)c2ccc(C#CCCO)s2)C1. The highest BCUT2D eigenvalue weighted by Gasteiger charge is 2.29. The predicted molar refractivity (Wildman–Crippen MR) is 81.8 cm³/mol. The molecule has 1 aromatic rings. The van der Waals surface area contributed by atoms with Crippen molar-refractivity contribution in [3.8, 4) is 11.8 Å². The van der Waals surface area contributed by atoms with Crippen LogP contribution in [0.1, 0.15) is 47.7 Å². The fourth-order valence-electron chi connectivity index (χ4n) is 2.48. The zero-order chi connectivity index (χ0) is 14.6. The summed E-state index contributed by atoms with van der Waals surface area (Å²) in [7, 11) is 0. The lowest BCUT2D eigenvalue weighted by Gasteiger charge is -2.37. The number of hydrogen-bond donors (Lipinski definition) is 1. The van der Waals surface area contributed by atoms with Gasteiger partial charge in [-0.2, -0.15) is 0 Å². The molecule has 2 rings (SSSR count). The van der Waals surface area contributed by atoms with E-state index >= 15 is 0 Å². The molecule has 1 amide bonds. The third kappa shape index (κ3) is 3.84. The summed E-state index contributed by atoms with van der Waals surface area (Å²) in [5, 5.41) is 8.70. The van der Waals surface area contributed by atoms with Gasteiger partial charge in [-0.05, 0) is 30.4 Å². The monoisotopic (exact) mass is 291 g/mol. The number of thiophene rings is 1. The van der Waals surface area contributed by atoms with E-state index in [1.807, 2.05) is 17.0 Å². The third-order valence-corrected chi connectivity index (χ3v) is 4.44. The van der Waals surface area contributed by atoms with E-state index in [9.17, 15) is 4.79 Å². The zero-order valence-corrected chi connectivity index (χ0v) is 12.9. The van der Waals surface area contributed by atoms with E-state index in [0.717, 1.165) is 29.3 Å². The van der Waals surface area contributed by atoms with Gasteiger partial charge in [0.05, 0.1) is 16.4 Å². The van der Waals surface area contributed by atoms with Crippen molar-refractivity contribution >= 4 is 17.2 Å². The normalized spacial score (nSPS) is 17.4. The Hall–Kier alpha value is -1.31. The van der Waals surface area contributed by atoms with Gasteiger partial charge in [0.1, 0.15) is 0 Å². The largest absolute Gasteiger partial charge is 0.395 e. The Morgan fingerprint density at radius 3 is 3.00 bits per heavy atom. The van der Waals surface area contributed by atoms with E-state index in [2.05, 4.69) is 25.7 Å². The number of aliphatic hydroxyl groups excluding tert-OH is 1. The van der Waals surface area contributed by atoms with Crippen molar-refractivity contribution in [1.29, 1.82) is 0 Å². The summed E-state index contributed by atoms with van der Waals surface area (Å²) in [6.07, 6.45) is 2.73. The highest BCUT2D eigenvalue weighted by atomic mass is 32.1. The summed E-state index contributed by atoms with van der Waals surface area (Å²) in [5.41, 5.74) is 0.217. The number of nitrogens with zero attached hydrogens (tertiary/aromatic N) is 1. The van der Waals surface area contributed by atoms with Crippen LogP contribution < -0.4 is 0 Å². The van der Waals surface area contributed by atoms with E-state index < -0.39 is 0 Å². The van der Waals surface area contributed by atoms with Crippen LogP contribution in [0.3, 0.4) is 0 Å². The molecule has 0 atom stereocenters. The van der Waals surface area contributed by atoms with E-state index in [1.54, 1.807) is 0 Å². The molecule has 20 heavy (non-hydrogen) atoms. The van der Waals surface area contributed by atoms with Gasteiger partial charge in [0.25, 0.3) is 5.91 Å². The van der Waals surface area contributed by atoms with Crippen LogP contribution in [0.5, 0.6) is 0 Å². The number of aliphatic hydroxyl groups is 1. The lowest BCUT2D eigenvalue weighted by Crippen LogP contribution is -2.43. The van der Waals surface area contributed by atoms with Crippen molar-refractivity contribution in [2.75, 3.05) is 19.7 Å². The molecule has 0 spiro atoms. The van der Waals surface area contributed by atoms with Gasteiger partial charge in [0.2, 0.25) is 0 Å². The Kier molecular flexibility index (Phi) is 4.85. The van der Waals surface area contributed by atoms with Gasteiger partial charge < -0.3 is 10.0 Å². The van der Waals surface area contributed by atoms with Crippen LogP contribution in [0.25, 0.3) is 0 Å². The lowest BCUT2D eigenvalue weighted by molar-refractivity contribution is 0.0588. The van der Waals surface area contributed by atoms with Crippen LogP contribution in [0.15, 0.2) is 12.1 Å². The molecule has 3 nitrogen and oxygen atoms in total. The fourth-order valence-corrected chi connectivity index (χ4v) is 3.33. The smallest absolute Gasteiger partial charge is 0.263 e. The Balaban J connectivity index is 2.05. The Morgan fingerprint density at radius 2 is 2.30 bits per heavy atom. The number of carbonyl (C=O) groups excluding carboxylic acids is 1. The van der Waals surface area contributed by atoms with Crippen molar-refractivity contribution in [2.45, 2.75) is 33.1 Å². The number of likely N-dealkylation sites (tertiary alicyclic amines) is 1. The molecule has 0 saturated carbocycles. The Morgan fingerprint density at radius 1 is 1.50 bits per heavy atom. The first-order valence-corrected chi connectivity index (χ1v) is 7.82. The van der Waals surface area contributed by atoms with Gasteiger partial charge in [0, 0.05) is 19.5 Å². The molecule has 1 saturated heterocycles. The first kappa shape index (κ1) is 15.1. The minimum absolute atomic E-state index is 0.0764. The van der Waals surface area contributed by atoms with E-state index in [-0.39, 0.29) is 17.9 Å². The second-order valence-electron chi connectivity index (χ2n) is 5.93. The lowest BCUT2D eigenvalue weighted by atomic mass is 9.84. The maximum atomic E-state index is 12.5. The molecule has 0 aromatic carbocycles. The summed E-state index contributed by atoms with van der Waals surface area (Å²) >= 11 is 1.44. The number of hydrogen-bond acceptors (Lipinski definition) is 3. The van der Waals surface area contributed by atoms with Crippen molar-refractivity contribution in [1.82, 2.24) is 4.90 Å². The molecule has 0 aliphatic carbocycles. The number of piperidine rings is 1. The molecular formula is C16H21NO2S. The number of carbonyl (C=O) groups is 1. The van der Waals surface area contributed by atoms with Gasteiger partial charge >= 0.3 is 0 Å². The molecule has 1 aromatic heterocycles. The summed E-state index contributed by atoms with van der Waals surface area (Å²) in [4.78, 5) is 16.1. The van der Waals surface area contributed by atoms with Crippen LogP contribution in [0.4, 0.5) is 0 Å². The van der Waals surface area contributed by atoms with Crippen molar-refractivity contribution in [3.05, 3.63) is 21.9 Å². The molecule has 0 radical (unpaired) electrons. The fraction of sp³-hybridized carbons (Fsp3) is 0.562. The molecule has 1 aliphatic heterocycles. The molecule has 4 heteroatoms. The van der Waals surface area contributed by atoms with E-state index in [0.29, 0.717) is 6.42 Å². The van der Waals surface area contributed by atoms with Crippen molar-refractivity contribution in [2.24, 2.45) is 5.41 Å². The Bertz CT molecular complexity index is 536. The number of rotatable bonds is 2. The van der Waals surface area contributed by atoms with Crippen LogP contribution in [-0.2, 0) is 0 Å². The number of amides is 1. The molecule has 0 bridgehead atoms. The highest BCUT2D eigenvalue weighted by Crippen LogP contribution is 2.30. The molecule has 2 heterocycles. The first-order chi connectivity index (χ1) is 9.52. The standard InChI is InChI=1S/C16H21NO2S/c1-16(2)9-5-10-17(12-16)15(19)14-8-7-13(20-14)6-3-4-11-18/h7-8,18H,4-5,9-12H2,1-2H3. The maximum absolute atomic E-state index is 12.5. The van der Waals surface area contributed by atoms with Gasteiger partial charge in [-0.3, -0.25) is 4.79 Å². The van der Waals surface area contributed by atoms with Gasteiger partial charge in [-0.15, -0.1) is 11.3 Å². The quantitative estimate of drug-likeness (QED) is 0.851. The summed E-state index contributed by atoms with van der Waals surface area (Å²) in [6.45, 7) is 6.19. The minimum atomic E-state index is 0.0764. The van der Waals surface area contributed by atoms with Gasteiger partial charge in [-0.25, -0.2) is 0 Å². The topological polar surface area (TPSA) is 40.5 Å². The molecule has 1 fully saturated rings. The summed E-state index contributed by atoms with van der Waals surface area (Å²) < 4.78 is 0. The van der Waals surface area contributed by atoms with Crippen molar-refractivity contribution in [3.63, 3.8) is 0 Å². The maximum Gasteiger partial charge on any atom is 0.263 e. The van der Waals surface area contributed by atoms with Crippen molar-refractivity contribution < 1.29 is 9.90 Å². The summed E-state index contributed by atoms with van der Waals surface area (Å²) in [6, 6.07) is 3.74. The second-order valence-corrected chi connectivity index (χ2v) is 7.02. The molecule has 108 valence electrons. The molecular weight excluding hydrogens is 270 g/mol. The van der Waals surface area contributed by atoms with Crippen LogP contribution in [-0.4, -0.2) is 35.6 Å². The first-order valence-electron chi connectivity index (χ1n) is 7.01. The molecule has 1 aliphatic rings. The summed E-state index contributed by atoms with van der Waals surface area (Å²) in [5.74, 6) is 5.98. The molecule has 1 N–H and O–H groups in total. The predicted octanol–water partition coefficient (Wildman–Crippen LogP) is 2.74. The van der Waals surface area contributed by atoms with Crippen LogP contribution >= 0.6 is 11.3 Å². The Labute approximate surface area is 124 Å². The van der Waals surface area contributed by atoms with E-state index in [1.165, 1.54) is 17.8 Å². The zero-order valence-electron chi connectivity index (χ0n) is 12.1. The minimum Gasteiger partial charge on any atom is -0.395 e. The molecule has 0 unspecified atom stereocenters. The average molecular weight is 291 g/mol. The van der Waals surface area contributed by atoms with Gasteiger partial charge in [0.15, 0.2) is 0 Å². The van der Waals surface area contributed by atoms with Crippen LogP contribution in [0, 0.1) is 17.3 Å². The third-order valence-electron chi connectivity index (χ3n) is 3.45. The van der Waals surface area contributed by atoms with Crippen LogP contribution in [0.2, 0.25) is 0 Å². The second kappa shape index (κ2) is 6.43. The van der Waals surface area contributed by atoms with E-state index in [4.69, 9.17) is 5.11 Å². The average Bonchev–Trinajstić information content (AvgIpc) is 2.86. The van der Waals surface area contributed by atoms with Gasteiger partial charge in [-0.1, -0.05) is 25.7 Å². The highest BCUT2D eigenvalue weighted by molar-refractivity contribution is 7.14.